The van der Waals surface area contributed by atoms with Gasteiger partial charge in [0.25, 0.3) is 0 Å². The minimum atomic E-state index is -0.0820. The molecule has 0 spiro atoms. The molecule has 2 rings (SSSR count). The minimum Gasteiger partial charge on any atom is -0.207 e. The number of rotatable bonds is 1. The van der Waals surface area contributed by atoms with E-state index in [9.17, 15) is 4.39 Å². The Kier molecular flexibility index (Phi) is 3.13. The van der Waals surface area contributed by atoms with E-state index in [0.717, 1.165) is 24.0 Å². The van der Waals surface area contributed by atoms with E-state index < -0.39 is 0 Å². The highest BCUT2D eigenvalue weighted by molar-refractivity contribution is 5.37. The molecule has 0 unspecified atom stereocenters. The molecule has 0 aromatic heterocycles. The van der Waals surface area contributed by atoms with Crippen molar-refractivity contribution in [2.45, 2.75) is 45.4 Å². The van der Waals surface area contributed by atoms with Gasteiger partial charge in [-0.25, -0.2) is 4.39 Å². The lowest BCUT2D eigenvalue weighted by Gasteiger charge is -2.25. The molecule has 86 valence electrons. The Balaban J connectivity index is 2.27. The van der Waals surface area contributed by atoms with E-state index in [2.05, 4.69) is 6.58 Å². The Hall–Kier alpha value is -1.11. The van der Waals surface area contributed by atoms with Gasteiger partial charge in [-0.1, -0.05) is 18.2 Å². The molecule has 0 nitrogen and oxygen atoms in total. The molecular formula is C15H19F. The first kappa shape index (κ1) is 11.4. The number of hydrogen-bond acceptors (Lipinski definition) is 0. The van der Waals surface area contributed by atoms with Crippen LogP contribution in [0, 0.1) is 19.7 Å². The molecule has 1 fully saturated rings. The van der Waals surface area contributed by atoms with Crippen molar-refractivity contribution in [3.63, 3.8) is 0 Å². The summed E-state index contributed by atoms with van der Waals surface area (Å²) < 4.78 is 13.4. The SMILES string of the molecule is C=C1CCC(c2ccc(F)c(C)c2C)CC1. The maximum Gasteiger partial charge on any atom is 0.126 e. The quantitative estimate of drug-likeness (QED) is 0.601. The van der Waals surface area contributed by atoms with Crippen molar-refractivity contribution < 1.29 is 4.39 Å². The third-order valence-electron chi connectivity index (χ3n) is 3.90. The van der Waals surface area contributed by atoms with Crippen molar-refractivity contribution in [3.8, 4) is 0 Å². The summed E-state index contributed by atoms with van der Waals surface area (Å²) in [6.45, 7) is 7.95. The van der Waals surface area contributed by atoms with E-state index in [1.165, 1.54) is 24.0 Å². The fourth-order valence-corrected chi connectivity index (χ4v) is 2.59. The van der Waals surface area contributed by atoms with Gasteiger partial charge in [0, 0.05) is 0 Å². The van der Waals surface area contributed by atoms with Crippen LogP contribution >= 0.6 is 0 Å². The predicted octanol–water partition coefficient (Wildman–Crippen LogP) is 4.66. The summed E-state index contributed by atoms with van der Waals surface area (Å²) in [5.74, 6) is 0.520. The van der Waals surface area contributed by atoms with Crippen LogP contribution in [0.3, 0.4) is 0 Å². The van der Waals surface area contributed by atoms with Gasteiger partial charge in [-0.2, -0.15) is 0 Å². The lowest BCUT2D eigenvalue weighted by Crippen LogP contribution is -2.08. The van der Waals surface area contributed by atoms with Gasteiger partial charge < -0.3 is 0 Å². The Bertz CT molecular complexity index is 408. The zero-order valence-electron chi connectivity index (χ0n) is 10.1. The molecule has 1 aliphatic carbocycles. The van der Waals surface area contributed by atoms with E-state index in [-0.39, 0.29) is 5.82 Å². The number of allylic oxidation sites excluding steroid dienone is 1. The highest BCUT2D eigenvalue weighted by Crippen LogP contribution is 2.37. The summed E-state index contributed by atoms with van der Waals surface area (Å²) in [4.78, 5) is 0. The van der Waals surface area contributed by atoms with Crippen LogP contribution in [0.4, 0.5) is 4.39 Å². The lowest BCUT2D eigenvalue weighted by atomic mass is 9.80. The summed E-state index contributed by atoms with van der Waals surface area (Å²) in [5, 5.41) is 0. The van der Waals surface area contributed by atoms with E-state index in [1.807, 2.05) is 19.9 Å². The number of halogens is 1. The molecule has 0 bridgehead atoms. The fourth-order valence-electron chi connectivity index (χ4n) is 2.59. The molecule has 1 aromatic carbocycles. The van der Waals surface area contributed by atoms with Crippen molar-refractivity contribution >= 4 is 0 Å². The monoisotopic (exact) mass is 218 g/mol. The molecule has 1 aliphatic rings. The summed E-state index contributed by atoms with van der Waals surface area (Å²) in [7, 11) is 0. The summed E-state index contributed by atoms with van der Waals surface area (Å²) >= 11 is 0. The Morgan fingerprint density at radius 1 is 1.12 bits per heavy atom. The standard InChI is InChI=1S/C15H19F/c1-10-4-6-13(7-5-10)14-8-9-15(16)12(3)11(14)2/h8-9,13H,1,4-7H2,2-3H3. The van der Waals surface area contributed by atoms with Crippen molar-refractivity contribution in [2.24, 2.45) is 0 Å². The van der Waals surface area contributed by atoms with Gasteiger partial charge in [-0.05, 0) is 68.2 Å². The van der Waals surface area contributed by atoms with E-state index in [4.69, 9.17) is 0 Å². The Labute approximate surface area is 97.2 Å². The number of benzene rings is 1. The highest BCUT2D eigenvalue weighted by Gasteiger charge is 2.20. The second-order valence-corrected chi connectivity index (χ2v) is 4.91. The molecule has 0 aliphatic heterocycles. The fraction of sp³-hybridized carbons (Fsp3) is 0.467. The van der Waals surface area contributed by atoms with Gasteiger partial charge in [0.15, 0.2) is 0 Å². The van der Waals surface area contributed by atoms with Crippen LogP contribution < -0.4 is 0 Å². The van der Waals surface area contributed by atoms with Gasteiger partial charge in [0.2, 0.25) is 0 Å². The first-order valence-corrected chi connectivity index (χ1v) is 6.02. The van der Waals surface area contributed by atoms with Crippen LogP contribution in [-0.4, -0.2) is 0 Å². The normalized spacial score (nSPS) is 17.8. The maximum atomic E-state index is 13.4. The van der Waals surface area contributed by atoms with Crippen LogP contribution in [0.25, 0.3) is 0 Å². The molecule has 1 heteroatoms. The van der Waals surface area contributed by atoms with Crippen LogP contribution in [0.15, 0.2) is 24.3 Å². The van der Waals surface area contributed by atoms with E-state index >= 15 is 0 Å². The molecular weight excluding hydrogens is 199 g/mol. The van der Waals surface area contributed by atoms with E-state index in [0.29, 0.717) is 5.92 Å². The summed E-state index contributed by atoms with van der Waals surface area (Å²) in [6.07, 6.45) is 4.59. The second-order valence-electron chi connectivity index (χ2n) is 4.91. The molecule has 0 radical (unpaired) electrons. The first-order valence-electron chi connectivity index (χ1n) is 6.02. The molecule has 0 N–H and O–H groups in total. The van der Waals surface area contributed by atoms with Crippen molar-refractivity contribution in [3.05, 3.63) is 46.8 Å². The van der Waals surface area contributed by atoms with Crippen molar-refractivity contribution in [1.29, 1.82) is 0 Å². The van der Waals surface area contributed by atoms with Crippen molar-refractivity contribution in [1.82, 2.24) is 0 Å². The smallest absolute Gasteiger partial charge is 0.126 e. The van der Waals surface area contributed by atoms with Gasteiger partial charge in [-0.3, -0.25) is 0 Å². The van der Waals surface area contributed by atoms with Crippen molar-refractivity contribution in [2.75, 3.05) is 0 Å². The van der Waals surface area contributed by atoms with Crippen LogP contribution in [0.2, 0.25) is 0 Å². The van der Waals surface area contributed by atoms with Crippen LogP contribution in [0.5, 0.6) is 0 Å². The zero-order chi connectivity index (χ0) is 11.7. The first-order chi connectivity index (χ1) is 7.59. The van der Waals surface area contributed by atoms with E-state index in [1.54, 1.807) is 6.07 Å². The number of hydrogen-bond donors (Lipinski definition) is 0. The van der Waals surface area contributed by atoms with Crippen LogP contribution in [0.1, 0.15) is 48.3 Å². The van der Waals surface area contributed by atoms with Gasteiger partial charge in [0.05, 0.1) is 0 Å². The largest absolute Gasteiger partial charge is 0.207 e. The minimum absolute atomic E-state index is 0.0820. The molecule has 0 saturated heterocycles. The van der Waals surface area contributed by atoms with Crippen LogP contribution in [-0.2, 0) is 0 Å². The highest BCUT2D eigenvalue weighted by atomic mass is 19.1. The molecule has 0 amide bonds. The molecule has 0 atom stereocenters. The molecule has 1 aromatic rings. The predicted molar refractivity (Wildman–Crippen MR) is 66.2 cm³/mol. The summed E-state index contributed by atoms with van der Waals surface area (Å²) in [5.41, 5.74) is 4.65. The molecule has 0 heterocycles. The zero-order valence-corrected chi connectivity index (χ0v) is 10.1. The Morgan fingerprint density at radius 2 is 1.75 bits per heavy atom. The van der Waals surface area contributed by atoms with Gasteiger partial charge >= 0.3 is 0 Å². The molecule has 16 heavy (non-hydrogen) atoms. The van der Waals surface area contributed by atoms with Gasteiger partial charge in [-0.15, -0.1) is 0 Å². The Morgan fingerprint density at radius 3 is 2.38 bits per heavy atom. The third kappa shape index (κ3) is 2.04. The third-order valence-corrected chi connectivity index (χ3v) is 3.90. The average molecular weight is 218 g/mol. The second kappa shape index (κ2) is 4.40. The molecule has 1 saturated carbocycles. The topological polar surface area (TPSA) is 0 Å². The average Bonchev–Trinajstić information content (AvgIpc) is 2.28. The maximum absolute atomic E-state index is 13.4. The van der Waals surface area contributed by atoms with Gasteiger partial charge in [0.1, 0.15) is 5.82 Å². The summed E-state index contributed by atoms with van der Waals surface area (Å²) in [6, 6.07) is 3.58. The lowest BCUT2D eigenvalue weighted by molar-refractivity contribution is 0.514.